The summed E-state index contributed by atoms with van der Waals surface area (Å²) < 4.78 is 30.0. The third-order valence-corrected chi connectivity index (χ3v) is 4.89. The number of nitrogens with zero attached hydrogens (tertiary/aromatic N) is 1. The maximum absolute atomic E-state index is 12.0. The van der Waals surface area contributed by atoms with E-state index in [1.54, 1.807) is 12.1 Å². The van der Waals surface area contributed by atoms with E-state index in [0.717, 1.165) is 20.6 Å². The van der Waals surface area contributed by atoms with Crippen LogP contribution in [0.25, 0.3) is 0 Å². The molecule has 1 aromatic carbocycles. The summed E-state index contributed by atoms with van der Waals surface area (Å²) >= 11 is 3.38. The topological polar surface area (TPSA) is 75.7 Å². The summed E-state index contributed by atoms with van der Waals surface area (Å²) in [6.45, 7) is 2.07. The second-order valence-corrected chi connectivity index (χ2v) is 7.44. The van der Waals surface area contributed by atoms with Crippen LogP contribution < -0.4 is 5.32 Å². The highest BCUT2D eigenvalue weighted by molar-refractivity contribution is 9.10. The van der Waals surface area contributed by atoms with E-state index < -0.39 is 15.9 Å². The molecule has 0 radical (unpaired) electrons. The highest BCUT2D eigenvalue weighted by Crippen LogP contribution is 2.20. The van der Waals surface area contributed by atoms with E-state index in [9.17, 15) is 13.2 Å². The van der Waals surface area contributed by atoms with Crippen LogP contribution in [0, 0.1) is 6.92 Å². The Balaban J connectivity index is 2.71. The SMILES string of the molecule is COCCN(CC(=O)Nc1ccc(C)c(Br)c1)S(C)(=O)=O. The van der Waals surface area contributed by atoms with E-state index in [0.29, 0.717) is 5.69 Å². The number of sulfonamides is 1. The Morgan fingerprint density at radius 2 is 2.10 bits per heavy atom. The largest absolute Gasteiger partial charge is 0.383 e. The van der Waals surface area contributed by atoms with Crippen molar-refractivity contribution in [3.05, 3.63) is 28.2 Å². The molecule has 1 rings (SSSR count). The van der Waals surface area contributed by atoms with Gasteiger partial charge in [0.15, 0.2) is 0 Å². The van der Waals surface area contributed by atoms with Crippen LogP contribution >= 0.6 is 15.9 Å². The van der Waals surface area contributed by atoms with E-state index in [-0.39, 0.29) is 19.7 Å². The number of benzene rings is 1. The lowest BCUT2D eigenvalue weighted by atomic mass is 10.2. The average molecular weight is 379 g/mol. The number of amides is 1. The molecule has 0 spiro atoms. The first kappa shape index (κ1) is 18.1. The summed E-state index contributed by atoms with van der Waals surface area (Å²) in [6, 6.07) is 5.39. The highest BCUT2D eigenvalue weighted by Gasteiger charge is 2.19. The number of anilines is 1. The van der Waals surface area contributed by atoms with Gasteiger partial charge in [0.25, 0.3) is 0 Å². The van der Waals surface area contributed by atoms with Crippen molar-refractivity contribution in [2.75, 3.05) is 38.4 Å². The number of carbonyl (C=O) groups excluding carboxylic acids is 1. The summed E-state index contributed by atoms with van der Waals surface area (Å²) in [6.07, 6.45) is 1.07. The first-order valence-corrected chi connectivity index (χ1v) is 8.88. The van der Waals surface area contributed by atoms with Crippen molar-refractivity contribution >= 4 is 37.5 Å². The Labute approximate surface area is 133 Å². The molecule has 0 aromatic heterocycles. The zero-order chi connectivity index (χ0) is 16.0. The molecule has 21 heavy (non-hydrogen) atoms. The monoisotopic (exact) mass is 378 g/mol. The van der Waals surface area contributed by atoms with Crippen LogP contribution in [0.15, 0.2) is 22.7 Å². The predicted octanol–water partition coefficient (Wildman–Crippen LogP) is 1.60. The first-order valence-electron chi connectivity index (χ1n) is 6.24. The minimum Gasteiger partial charge on any atom is -0.383 e. The lowest BCUT2D eigenvalue weighted by molar-refractivity contribution is -0.116. The number of carbonyl (C=O) groups is 1. The fourth-order valence-corrected chi connectivity index (χ4v) is 2.72. The van der Waals surface area contributed by atoms with Gasteiger partial charge in [-0.1, -0.05) is 22.0 Å². The fourth-order valence-electron chi connectivity index (χ4n) is 1.59. The van der Waals surface area contributed by atoms with Gasteiger partial charge in [-0.3, -0.25) is 4.79 Å². The fraction of sp³-hybridized carbons (Fsp3) is 0.462. The van der Waals surface area contributed by atoms with Crippen LogP contribution in [0.3, 0.4) is 0 Å². The highest BCUT2D eigenvalue weighted by atomic mass is 79.9. The Morgan fingerprint density at radius 3 is 2.62 bits per heavy atom. The molecule has 0 heterocycles. The lowest BCUT2D eigenvalue weighted by Gasteiger charge is -2.19. The van der Waals surface area contributed by atoms with Gasteiger partial charge in [0, 0.05) is 23.8 Å². The third-order valence-electron chi connectivity index (χ3n) is 2.79. The molecular weight excluding hydrogens is 360 g/mol. The smallest absolute Gasteiger partial charge is 0.239 e. The van der Waals surface area contributed by atoms with Gasteiger partial charge in [0.1, 0.15) is 0 Å². The van der Waals surface area contributed by atoms with E-state index in [1.165, 1.54) is 7.11 Å². The summed E-state index contributed by atoms with van der Waals surface area (Å²) in [4.78, 5) is 12.0. The van der Waals surface area contributed by atoms with Gasteiger partial charge in [-0.25, -0.2) is 8.42 Å². The predicted molar refractivity (Wildman–Crippen MR) is 85.8 cm³/mol. The zero-order valence-electron chi connectivity index (χ0n) is 12.2. The molecule has 0 aliphatic carbocycles. The van der Waals surface area contributed by atoms with Crippen LogP contribution in [0.1, 0.15) is 5.56 Å². The molecule has 118 valence electrons. The first-order chi connectivity index (χ1) is 9.74. The molecule has 0 aliphatic heterocycles. The molecular formula is C13H19BrN2O4S. The minimum absolute atomic E-state index is 0.139. The number of hydrogen-bond donors (Lipinski definition) is 1. The van der Waals surface area contributed by atoms with Crippen molar-refractivity contribution in [3.8, 4) is 0 Å². The van der Waals surface area contributed by atoms with Gasteiger partial charge >= 0.3 is 0 Å². The number of ether oxygens (including phenoxy) is 1. The van der Waals surface area contributed by atoms with Crippen LogP contribution in [0.5, 0.6) is 0 Å². The second-order valence-electron chi connectivity index (χ2n) is 4.60. The van der Waals surface area contributed by atoms with Gasteiger partial charge in [-0.05, 0) is 24.6 Å². The molecule has 0 aliphatic rings. The maximum atomic E-state index is 12.0. The molecule has 0 bridgehead atoms. The number of methoxy groups -OCH3 is 1. The molecule has 0 fully saturated rings. The molecule has 1 aromatic rings. The third kappa shape index (κ3) is 6.13. The van der Waals surface area contributed by atoms with Gasteiger partial charge in [-0.2, -0.15) is 4.31 Å². The number of halogens is 1. The molecule has 0 saturated heterocycles. The van der Waals surface area contributed by atoms with Crippen molar-refractivity contribution < 1.29 is 17.9 Å². The standard InChI is InChI=1S/C13H19BrN2O4S/c1-10-4-5-11(8-12(10)14)15-13(17)9-16(6-7-20-2)21(3,18)19/h4-5,8H,6-7,9H2,1-3H3,(H,15,17). The summed E-state index contributed by atoms with van der Waals surface area (Å²) in [5.41, 5.74) is 1.66. The van der Waals surface area contributed by atoms with Crippen LogP contribution in [-0.4, -0.2) is 51.7 Å². The number of aryl methyl sites for hydroxylation is 1. The van der Waals surface area contributed by atoms with Crippen LogP contribution in [-0.2, 0) is 19.6 Å². The summed E-state index contributed by atoms with van der Waals surface area (Å²) in [5, 5.41) is 2.67. The Kier molecular flexibility index (Phi) is 6.79. The molecule has 1 amide bonds. The van der Waals surface area contributed by atoms with E-state index in [4.69, 9.17) is 4.74 Å². The Bertz CT molecular complexity index is 604. The van der Waals surface area contributed by atoms with Crippen molar-refractivity contribution in [3.63, 3.8) is 0 Å². The van der Waals surface area contributed by atoms with Crippen molar-refractivity contribution in [2.24, 2.45) is 0 Å². The number of rotatable bonds is 7. The number of hydrogen-bond acceptors (Lipinski definition) is 4. The van der Waals surface area contributed by atoms with E-state index >= 15 is 0 Å². The van der Waals surface area contributed by atoms with Gasteiger partial charge in [-0.15, -0.1) is 0 Å². The van der Waals surface area contributed by atoms with Crippen molar-refractivity contribution in [1.29, 1.82) is 0 Å². The maximum Gasteiger partial charge on any atom is 0.239 e. The number of nitrogens with one attached hydrogen (secondary N) is 1. The van der Waals surface area contributed by atoms with E-state index in [2.05, 4.69) is 21.2 Å². The van der Waals surface area contributed by atoms with Gasteiger partial charge in [0.05, 0.1) is 19.4 Å². The minimum atomic E-state index is -3.46. The molecule has 6 nitrogen and oxygen atoms in total. The molecule has 0 unspecified atom stereocenters. The Hall–Kier alpha value is -0.960. The molecule has 1 N–H and O–H groups in total. The summed E-state index contributed by atoms with van der Waals surface area (Å²) in [7, 11) is -1.98. The summed E-state index contributed by atoms with van der Waals surface area (Å²) in [5.74, 6) is -0.396. The molecule has 8 heteroatoms. The Morgan fingerprint density at radius 1 is 1.43 bits per heavy atom. The quantitative estimate of drug-likeness (QED) is 0.781. The van der Waals surface area contributed by atoms with Gasteiger partial charge < -0.3 is 10.1 Å². The zero-order valence-corrected chi connectivity index (χ0v) is 14.6. The normalized spacial score (nSPS) is 11.7. The van der Waals surface area contributed by atoms with Gasteiger partial charge in [0.2, 0.25) is 15.9 Å². The lowest BCUT2D eigenvalue weighted by Crippen LogP contribution is -2.39. The van der Waals surface area contributed by atoms with Crippen molar-refractivity contribution in [2.45, 2.75) is 6.92 Å². The molecule has 0 saturated carbocycles. The van der Waals surface area contributed by atoms with Crippen LogP contribution in [0.2, 0.25) is 0 Å². The second kappa shape index (κ2) is 7.88. The molecule has 0 atom stereocenters. The van der Waals surface area contributed by atoms with Crippen molar-refractivity contribution in [1.82, 2.24) is 4.31 Å². The average Bonchev–Trinajstić information content (AvgIpc) is 2.37. The van der Waals surface area contributed by atoms with E-state index in [1.807, 2.05) is 13.0 Å². The van der Waals surface area contributed by atoms with Crippen LogP contribution in [0.4, 0.5) is 5.69 Å².